The molecule has 0 aliphatic rings. The predicted octanol–water partition coefficient (Wildman–Crippen LogP) is 2.84. The van der Waals surface area contributed by atoms with E-state index in [0.717, 1.165) is 10.7 Å². The largest absolute Gasteiger partial charge is 0.352 e. The fourth-order valence-corrected chi connectivity index (χ4v) is 2.44. The van der Waals surface area contributed by atoms with Crippen molar-refractivity contribution >= 4 is 17.2 Å². The molecule has 1 heterocycles. The van der Waals surface area contributed by atoms with Crippen molar-refractivity contribution in [3.63, 3.8) is 0 Å². The molecule has 19 heavy (non-hydrogen) atoms. The van der Waals surface area contributed by atoms with Crippen LogP contribution >= 0.6 is 11.3 Å². The van der Waals surface area contributed by atoms with Crippen LogP contribution in [-0.4, -0.2) is 10.9 Å². The van der Waals surface area contributed by atoms with Crippen LogP contribution in [0, 0.1) is 12.7 Å². The van der Waals surface area contributed by atoms with Crippen molar-refractivity contribution in [2.45, 2.75) is 26.3 Å². The normalized spacial score (nSPS) is 10.4. The molecule has 1 aromatic heterocycles. The molecule has 0 aliphatic heterocycles. The van der Waals surface area contributed by atoms with Gasteiger partial charge >= 0.3 is 0 Å². The molecule has 1 amide bonds. The highest BCUT2D eigenvalue weighted by Gasteiger charge is 2.06. The summed E-state index contributed by atoms with van der Waals surface area (Å²) in [6.45, 7) is 2.15. The van der Waals surface area contributed by atoms with Gasteiger partial charge in [0.25, 0.3) is 0 Å². The smallest absolute Gasteiger partial charge is 0.220 e. The first-order valence-electron chi connectivity index (χ1n) is 6.06. The first kappa shape index (κ1) is 13.7. The number of carbonyl (C=O) groups is 1. The summed E-state index contributed by atoms with van der Waals surface area (Å²) in [5.74, 6) is -0.380. The lowest BCUT2D eigenvalue weighted by Crippen LogP contribution is -2.23. The summed E-state index contributed by atoms with van der Waals surface area (Å²) >= 11 is 1.56. The molecule has 1 aromatic carbocycles. The van der Waals surface area contributed by atoms with Crippen LogP contribution < -0.4 is 5.32 Å². The number of aromatic nitrogens is 1. The average molecular weight is 278 g/mol. The standard InChI is InChI=1S/C14H15FN2OS/c1-10-9-19-14(17-10)7-6-13(18)16-8-11-4-2-3-5-12(11)15/h2-5,9H,6-8H2,1H3,(H,16,18). The van der Waals surface area contributed by atoms with Crippen molar-refractivity contribution in [2.75, 3.05) is 0 Å². The van der Waals surface area contributed by atoms with E-state index in [0.29, 0.717) is 18.4 Å². The minimum atomic E-state index is -0.293. The lowest BCUT2D eigenvalue weighted by molar-refractivity contribution is -0.121. The topological polar surface area (TPSA) is 42.0 Å². The monoisotopic (exact) mass is 278 g/mol. The van der Waals surface area contributed by atoms with Crippen LogP contribution in [0.4, 0.5) is 4.39 Å². The van der Waals surface area contributed by atoms with E-state index in [9.17, 15) is 9.18 Å². The number of hydrogen-bond donors (Lipinski definition) is 1. The summed E-state index contributed by atoms with van der Waals surface area (Å²) in [4.78, 5) is 15.9. The summed E-state index contributed by atoms with van der Waals surface area (Å²) in [6, 6.07) is 6.44. The maximum absolute atomic E-state index is 13.3. The number of rotatable bonds is 5. The van der Waals surface area contributed by atoms with Crippen LogP contribution in [-0.2, 0) is 17.8 Å². The van der Waals surface area contributed by atoms with Crippen molar-refractivity contribution in [1.82, 2.24) is 10.3 Å². The molecule has 0 saturated heterocycles. The fourth-order valence-electron chi connectivity index (χ4n) is 1.66. The van der Waals surface area contributed by atoms with Crippen molar-refractivity contribution < 1.29 is 9.18 Å². The van der Waals surface area contributed by atoms with Gasteiger partial charge in [-0.2, -0.15) is 0 Å². The summed E-state index contributed by atoms with van der Waals surface area (Å²) in [7, 11) is 0. The highest BCUT2D eigenvalue weighted by atomic mass is 32.1. The van der Waals surface area contributed by atoms with E-state index < -0.39 is 0 Å². The summed E-state index contributed by atoms with van der Waals surface area (Å²) in [5.41, 5.74) is 1.48. The maximum Gasteiger partial charge on any atom is 0.220 e. The molecule has 0 fully saturated rings. The molecule has 2 rings (SSSR count). The zero-order valence-corrected chi connectivity index (χ0v) is 11.5. The van der Waals surface area contributed by atoms with Gasteiger partial charge in [0.1, 0.15) is 5.82 Å². The zero-order chi connectivity index (χ0) is 13.7. The number of carbonyl (C=O) groups excluding carboxylic acids is 1. The van der Waals surface area contributed by atoms with Gasteiger partial charge < -0.3 is 5.32 Å². The lowest BCUT2D eigenvalue weighted by Gasteiger charge is -2.05. The molecule has 0 atom stereocenters. The maximum atomic E-state index is 13.3. The number of amides is 1. The van der Waals surface area contributed by atoms with Gasteiger partial charge in [0.2, 0.25) is 5.91 Å². The van der Waals surface area contributed by atoms with E-state index in [4.69, 9.17) is 0 Å². The number of nitrogens with zero attached hydrogens (tertiary/aromatic N) is 1. The molecule has 0 radical (unpaired) electrons. The molecule has 5 heteroatoms. The zero-order valence-electron chi connectivity index (χ0n) is 10.6. The lowest BCUT2D eigenvalue weighted by atomic mass is 10.2. The third-order valence-corrected chi connectivity index (χ3v) is 3.69. The van der Waals surface area contributed by atoms with Crippen LogP contribution in [0.2, 0.25) is 0 Å². The van der Waals surface area contributed by atoms with Crippen LogP contribution in [0.1, 0.15) is 22.7 Å². The molecule has 3 nitrogen and oxygen atoms in total. The van der Waals surface area contributed by atoms with Crippen molar-refractivity contribution in [3.05, 3.63) is 51.7 Å². The summed E-state index contributed by atoms with van der Waals surface area (Å²) in [6.07, 6.45) is 1.00. The Balaban J connectivity index is 1.77. The van der Waals surface area contributed by atoms with Gasteiger partial charge in [-0.05, 0) is 13.0 Å². The third-order valence-electron chi connectivity index (χ3n) is 2.67. The van der Waals surface area contributed by atoms with E-state index >= 15 is 0 Å². The minimum Gasteiger partial charge on any atom is -0.352 e. The Bertz CT molecular complexity index is 568. The molecule has 0 bridgehead atoms. The second-order valence-electron chi connectivity index (χ2n) is 4.25. The van der Waals surface area contributed by atoms with Crippen LogP contribution in [0.15, 0.2) is 29.6 Å². The number of aryl methyl sites for hydroxylation is 2. The second kappa shape index (κ2) is 6.43. The van der Waals surface area contributed by atoms with E-state index in [1.165, 1.54) is 6.07 Å². The first-order chi connectivity index (χ1) is 9.15. The number of benzene rings is 1. The highest BCUT2D eigenvalue weighted by Crippen LogP contribution is 2.11. The Hall–Kier alpha value is -1.75. The van der Waals surface area contributed by atoms with Crippen LogP contribution in [0.5, 0.6) is 0 Å². The Labute approximate surface area is 115 Å². The molecule has 100 valence electrons. The predicted molar refractivity (Wildman–Crippen MR) is 73.4 cm³/mol. The van der Waals surface area contributed by atoms with E-state index in [-0.39, 0.29) is 18.3 Å². The summed E-state index contributed by atoms with van der Waals surface area (Å²) < 4.78 is 13.3. The van der Waals surface area contributed by atoms with Crippen LogP contribution in [0.25, 0.3) is 0 Å². The first-order valence-corrected chi connectivity index (χ1v) is 6.94. The van der Waals surface area contributed by atoms with Gasteiger partial charge in [0, 0.05) is 36.0 Å². The third kappa shape index (κ3) is 4.13. The molecule has 0 spiro atoms. The molecular weight excluding hydrogens is 263 g/mol. The average Bonchev–Trinajstić information content (AvgIpc) is 2.81. The second-order valence-corrected chi connectivity index (χ2v) is 5.19. The number of hydrogen-bond acceptors (Lipinski definition) is 3. The molecular formula is C14H15FN2OS. The van der Waals surface area contributed by atoms with Gasteiger partial charge in [-0.1, -0.05) is 18.2 Å². The summed E-state index contributed by atoms with van der Waals surface area (Å²) in [5, 5.41) is 5.64. The van der Waals surface area contributed by atoms with Gasteiger partial charge in [0.05, 0.1) is 5.01 Å². The Kier molecular flexibility index (Phi) is 4.63. The Morgan fingerprint density at radius 3 is 2.89 bits per heavy atom. The van der Waals surface area contributed by atoms with Gasteiger partial charge in [-0.25, -0.2) is 9.37 Å². The molecule has 2 aromatic rings. The van der Waals surface area contributed by atoms with E-state index in [1.54, 1.807) is 29.5 Å². The van der Waals surface area contributed by atoms with Gasteiger partial charge in [-0.3, -0.25) is 4.79 Å². The van der Waals surface area contributed by atoms with Crippen molar-refractivity contribution in [3.8, 4) is 0 Å². The molecule has 0 unspecified atom stereocenters. The van der Waals surface area contributed by atoms with Gasteiger partial charge in [-0.15, -0.1) is 11.3 Å². The molecule has 1 N–H and O–H groups in total. The van der Waals surface area contributed by atoms with Crippen LogP contribution in [0.3, 0.4) is 0 Å². The Morgan fingerprint density at radius 1 is 1.42 bits per heavy atom. The van der Waals surface area contributed by atoms with Crippen molar-refractivity contribution in [1.29, 1.82) is 0 Å². The van der Waals surface area contributed by atoms with Gasteiger partial charge in [0.15, 0.2) is 0 Å². The van der Waals surface area contributed by atoms with E-state index in [1.807, 2.05) is 12.3 Å². The SMILES string of the molecule is Cc1csc(CCC(=O)NCc2ccccc2F)n1. The number of halogens is 1. The number of nitrogens with one attached hydrogen (secondary N) is 1. The van der Waals surface area contributed by atoms with Crippen molar-refractivity contribution in [2.24, 2.45) is 0 Å². The quantitative estimate of drug-likeness (QED) is 0.913. The number of thiazole rings is 1. The Morgan fingerprint density at radius 2 is 2.21 bits per heavy atom. The highest BCUT2D eigenvalue weighted by molar-refractivity contribution is 7.09. The molecule has 0 saturated carbocycles. The minimum absolute atomic E-state index is 0.0869. The van der Waals surface area contributed by atoms with E-state index in [2.05, 4.69) is 10.3 Å². The molecule has 0 aliphatic carbocycles. The fraction of sp³-hybridized carbons (Fsp3) is 0.286.